The summed E-state index contributed by atoms with van der Waals surface area (Å²) in [7, 11) is 0. The van der Waals surface area contributed by atoms with Crippen molar-refractivity contribution in [2.45, 2.75) is 13.8 Å². The third kappa shape index (κ3) is 3.04. The lowest BCUT2D eigenvalue weighted by Gasteiger charge is -2.15. The quantitative estimate of drug-likeness (QED) is 0.270. The van der Waals surface area contributed by atoms with E-state index in [1.54, 1.807) is 0 Å². The highest BCUT2D eigenvalue weighted by Gasteiger charge is 2.20. The third-order valence-electron chi connectivity index (χ3n) is 5.58. The zero-order valence-corrected chi connectivity index (χ0v) is 18.8. The normalized spacial score (nSPS) is 11.3. The summed E-state index contributed by atoms with van der Waals surface area (Å²) < 4.78 is 2.80. The molecule has 5 rings (SSSR count). The Morgan fingerprint density at radius 1 is 0.600 bits per heavy atom. The highest BCUT2D eigenvalue weighted by atomic mass is 32.1. The summed E-state index contributed by atoms with van der Waals surface area (Å²) in [5.74, 6) is 0. The molecule has 0 radical (unpaired) electrons. The molecule has 2 heteroatoms. The summed E-state index contributed by atoms with van der Waals surface area (Å²) in [5, 5.41) is 2.70. The summed E-state index contributed by atoms with van der Waals surface area (Å²) in [6.45, 7) is 12.2. The first-order valence-corrected chi connectivity index (χ1v) is 11.6. The van der Waals surface area contributed by atoms with Crippen molar-refractivity contribution in [3.63, 3.8) is 0 Å². The first-order valence-electron chi connectivity index (χ1n) is 10.0. The second-order valence-corrected chi connectivity index (χ2v) is 10.1. The van der Waals surface area contributed by atoms with Gasteiger partial charge in [0, 0.05) is 20.5 Å². The Balaban J connectivity index is 1.94. The maximum atomic E-state index is 3.91. The summed E-state index contributed by atoms with van der Waals surface area (Å²) in [4.78, 5) is 2.70. The molecule has 0 N–H and O–H groups in total. The summed E-state index contributed by atoms with van der Waals surface area (Å²) in [6.07, 6.45) is 3.79. The minimum atomic E-state index is 1.14. The van der Waals surface area contributed by atoms with Gasteiger partial charge in [0.25, 0.3) is 0 Å². The van der Waals surface area contributed by atoms with E-state index < -0.39 is 0 Å². The fraction of sp³-hybridized carbons (Fsp3) is 0.0714. The molecule has 30 heavy (non-hydrogen) atoms. The summed E-state index contributed by atoms with van der Waals surface area (Å²) >= 11 is 3.80. The van der Waals surface area contributed by atoms with Crippen LogP contribution in [0.2, 0.25) is 0 Å². The molecular weight excluding hydrogens is 400 g/mol. The van der Waals surface area contributed by atoms with Crippen molar-refractivity contribution in [3.05, 3.63) is 94.7 Å². The van der Waals surface area contributed by atoms with Crippen LogP contribution in [0.1, 0.15) is 20.9 Å². The zero-order valence-electron chi connectivity index (χ0n) is 17.2. The predicted octanol–water partition coefficient (Wildman–Crippen LogP) is 9.35. The van der Waals surface area contributed by atoms with Gasteiger partial charge in [-0.05, 0) is 59.4 Å². The second kappa shape index (κ2) is 7.39. The third-order valence-corrected chi connectivity index (χ3v) is 7.84. The predicted molar refractivity (Wildman–Crippen MR) is 138 cm³/mol. The molecule has 0 aliphatic rings. The van der Waals surface area contributed by atoms with Crippen LogP contribution in [0.25, 0.3) is 54.6 Å². The van der Waals surface area contributed by atoms with E-state index in [1.807, 2.05) is 34.8 Å². The van der Waals surface area contributed by atoms with Gasteiger partial charge >= 0.3 is 0 Å². The van der Waals surface area contributed by atoms with Crippen molar-refractivity contribution in [1.29, 1.82) is 0 Å². The van der Waals surface area contributed by atoms with Gasteiger partial charge in [0.15, 0.2) is 0 Å². The van der Waals surface area contributed by atoms with Crippen molar-refractivity contribution >= 4 is 55.0 Å². The minimum absolute atomic E-state index is 1.14. The van der Waals surface area contributed by atoms with Crippen LogP contribution < -0.4 is 0 Å². The molecule has 2 aromatic heterocycles. The fourth-order valence-electron chi connectivity index (χ4n) is 4.18. The van der Waals surface area contributed by atoms with Gasteiger partial charge in [-0.2, -0.15) is 0 Å². The average Bonchev–Trinajstić information content (AvgIpc) is 3.34. The molecule has 0 bridgehead atoms. The van der Waals surface area contributed by atoms with Gasteiger partial charge in [0.05, 0.1) is 9.40 Å². The van der Waals surface area contributed by atoms with E-state index >= 15 is 0 Å². The van der Waals surface area contributed by atoms with Crippen LogP contribution in [-0.2, 0) is 0 Å². The molecule has 0 aliphatic carbocycles. The van der Waals surface area contributed by atoms with E-state index in [9.17, 15) is 0 Å². The highest BCUT2D eigenvalue weighted by molar-refractivity contribution is 7.27. The lowest BCUT2D eigenvalue weighted by molar-refractivity contribution is 1.60. The molecule has 0 nitrogen and oxygen atoms in total. The maximum absolute atomic E-state index is 3.91. The van der Waals surface area contributed by atoms with Crippen molar-refractivity contribution in [2.75, 3.05) is 0 Å². The summed E-state index contributed by atoms with van der Waals surface area (Å²) in [6, 6.07) is 22.2. The lowest BCUT2D eigenvalue weighted by Crippen LogP contribution is -1.89. The van der Waals surface area contributed by atoms with Crippen LogP contribution in [0.15, 0.2) is 73.8 Å². The van der Waals surface area contributed by atoms with Crippen LogP contribution in [0.3, 0.4) is 0 Å². The van der Waals surface area contributed by atoms with E-state index in [2.05, 4.69) is 87.7 Å². The van der Waals surface area contributed by atoms with Crippen molar-refractivity contribution in [2.24, 2.45) is 0 Å². The van der Waals surface area contributed by atoms with E-state index in [0.29, 0.717) is 0 Å². The molecule has 2 heterocycles. The molecule has 0 spiro atoms. The van der Waals surface area contributed by atoms with Gasteiger partial charge in [-0.1, -0.05) is 73.8 Å². The SMILES string of the molecule is C=Cc1ccc(-c2c(-c3ccc(C=C)cc3)c3cc(C)sc3c3sc(C)cc23)cc1. The van der Waals surface area contributed by atoms with Crippen LogP contribution >= 0.6 is 22.7 Å². The standard InChI is InChI=1S/C28H22S2/c1-5-19-7-11-21(12-8-19)25-23-15-17(3)29-27(23)28-24(16-18(4)30-28)26(25)22-13-9-20(6-2)10-14-22/h5-16H,1-2H2,3-4H3. The van der Waals surface area contributed by atoms with Crippen LogP contribution in [0, 0.1) is 13.8 Å². The van der Waals surface area contributed by atoms with E-state index in [4.69, 9.17) is 0 Å². The van der Waals surface area contributed by atoms with E-state index in [1.165, 1.54) is 52.2 Å². The van der Waals surface area contributed by atoms with Gasteiger partial charge in [-0.3, -0.25) is 0 Å². The Kier molecular flexibility index (Phi) is 4.69. The first-order chi connectivity index (χ1) is 14.6. The lowest BCUT2D eigenvalue weighted by atomic mass is 9.88. The maximum Gasteiger partial charge on any atom is 0.0530 e. The average molecular weight is 423 g/mol. The number of thiophene rings is 2. The topological polar surface area (TPSA) is 0 Å². The molecule has 0 unspecified atom stereocenters. The molecule has 5 aromatic rings. The zero-order chi connectivity index (χ0) is 20.8. The number of rotatable bonds is 4. The van der Waals surface area contributed by atoms with E-state index in [0.717, 1.165) is 11.1 Å². The second-order valence-electron chi connectivity index (χ2n) is 7.60. The summed E-state index contributed by atoms with van der Waals surface area (Å²) in [5.41, 5.74) is 7.42. The Bertz CT molecular complexity index is 1300. The number of aryl methyl sites for hydroxylation is 2. The molecule has 146 valence electrons. The molecule has 0 fully saturated rings. The number of hydrogen-bond acceptors (Lipinski definition) is 2. The van der Waals surface area contributed by atoms with Crippen molar-refractivity contribution in [3.8, 4) is 22.3 Å². The molecule has 0 atom stereocenters. The molecular formula is C28H22S2. The molecule has 0 saturated carbocycles. The van der Waals surface area contributed by atoms with Gasteiger partial charge in [0.1, 0.15) is 0 Å². The smallest absolute Gasteiger partial charge is 0.0530 e. The molecule has 0 saturated heterocycles. The van der Waals surface area contributed by atoms with Crippen LogP contribution in [0.5, 0.6) is 0 Å². The Hall–Kier alpha value is -2.94. The molecule has 3 aromatic carbocycles. The Morgan fingerprint density at radius 3 is 1.30 bits per heavy atom. The van der Waals surface area contributed by atoms with Crippen molar-refractivity contribution in [1.82, 2.24) is 0 Å². The Morgan fingerprint density at radius 2 is 0.967 bits per heavy atom. The monoisotopic (exact) mass is 422 g/mol. The van der Waals surface area contributed by atoms with Crippen LogP contribution in [0.4, 0.5) is 0 Å². The number of hydrogen-bond donors (Lipinski definition) is 0. The van der Waals surface area contributed by atoms with Crippen molar-refractivity contribution < 1.29 is 0 Å². The highest BCUT2D eigenvalue weighted by Crippen LogP contribution is 2.49. The minimum Gasteiger partial charge on any atom is -0.139 e. The van der Waals surface area contributed by atoms with E-state index in [-0.39, 0.29) is 0 Å². The van der Waals surface area contributed by atoms with Gasteiger partial charge in [0.2, 0.25) is 0 Å². The molecule has 0 aliphatic heterocycles. The van der Waals surface area contributed by atoms with Gasteiger partial charge in [-0.25, -0.2) is 0 Å². The van der Waals surface area contributed by atoms with Gasteiger partial charge < -0.3 is 0 Å². The number of benzene rings is 3. The Labute approximate surface area is 185 Å². The molecule has 0 amide bonds. The fourth-order valence-corrected chi connectivity index (χ4v) is 6.37. The first kappa shape index (κ1) is 19.0. The number of fused-ring (bicyclic) bond motifs is 3. The van der Waals surface area contributed by atoms with Gasteiger partial charge in [-0.15, -0.1) is 22.7 Å². The van der Waals surface area contributed by atoms with Crippen LogP contribution in [-0.4, -0.2) is 0 Å². The largest absolute Gasteiger partial charge is 0.139 e.